The number of hydrogen-bond acceptors (Lipinski definition) is 2. The topological polar surface area (TPSA) is 69.6 Å². The van der Waals surface area contributed by atoms with E-state index in [1.807, 2.05) is 6.92 Å². The van der Waals surface area contributed by atoms with Gasteiger partial charge in [0.2, 0.25) is 0 Å². The summed E-state index contributed by atoms with van der Waals surface area (Å²) in [5.74, 6) is -0.924. The molecule has 0 radical (unpaired) electrons. The van der Waals surface area contributed by atoms with Crippen LogP contribution in [0.3, 0.4) is 0 Å². The number of carbonyl (C=O) groups is 2. The van der Waals surface area contributed by atoms with Crippen LogP contribution >= 0.6 is 0 Å². The molecule has 0 spiro atoms. The fourth-order valence-electron chi connectivity index (χ4n) is 1.66. The van der Waals surface area contributed by atoms with Gasteiger partial charge >= 0.3 is 12.0 Å². The Balaban J connectivity index is 2.52. The van der Waals surface area contributed by atoms with Crippen LogP contribution in [-0.2, 0) is 4.79 Å². The van der Waals surface area contributed by atoms with Crippen LogP contribution in [0.15, 0.2) is 0 Å². The molecule has 0 aromatic carbocycles. The first-order valence-electron chi connectivity index (χ1n) is 5.28. The summed E-state index contributed by atoms with van der Waals surface area (Å²) in [6.07, 6.45) is 2.80. The number of carboxylic acid groups (broad SMARTS) is 1. The molecule has 0 unspecified atom stereocenters. The third-order valence-corrected chi connectivity index (χ3v) is 2.87. The summed E-state index contributed by atoms with van der Waals surface area (Å²) in [7, 11) is 1.67. The number of urea groups is 1. The van der Waals surface area contributed by atoms with Crippen LogP contribution < -0.4 is 5.32 Å². The molecule has 0 aliphatic heterocycles. The van der Waals surface area contributed by atoms with Crippen molar-refractivity contribution in [3.05, 3.63) is 0 Å². The van der Waals surface area contributed by atoms with E-state index in [1.54, 1.807) is 7.05 Å². The number of nitrogens with one attached hydrogen (secondary N) is 1. The van der Waals surface area contributed by atoms with Gasteiger partial charge in [0.05, 0.1) is 0 Å². The van der Waals surface area contributed by atoms with Crippen LogP contribution in [0.5, 0.6) is 0 Å². The van der Waals surface area contributed by atoms with Gasteiger partial charge in [0.25, 0.3) is 0 Å². The Morgan fingerprint density at radius 1 is 1.47 bits per heavy atom. The minimum atomic E-state index is -1.00. The smallest absolute Gasteiger partial charge is 0.329 e. The molecule has 2 N–H and O–H groups in total. The zero-order valence-electron chi connectivity index (χ0n) is 9.25. The molecule has 5 nitrogen and oxygen atoms in total. The van der Waals surface area contributed by atoms with Gasteiger partial charge in [-0.05, 0) is 25.7 Å². The molecule has 0 aromatic heterocycles. The van der Waals surface area contributed by atoms with E-state index in [1.165, 1.54) is 4.90 Å². The van der Waals surface area contributed by atoms with E-state index in [9.17, 15) is 9.59 Å². The molecule has 2 amide bonds. The first-order valence-corrected chi connectivity index (χ1v) is 5.28. The van der Waals surface area contributed by atoms with Gasteiger partial charge in [-0.1, -0.05) is 6.92 Å². The van der Waals surface area contributed by atoms with Gasteiger partial charge < -0.3 is 15.3 Å². The minimum absolute atomic E-state index is 0.293. The average Bonchev–Trinajstić information content (AvgIpc) is 2.10. The standard InChI is InChI=1S/C10H18N2O3/c1-3-7-12(2)9(15)11-10(8(13)14)5-4-6-10/h3-7H2,1-2H3,(H,11,15)(H,13,14). The second kappa shape index (κ2) is 4.51. The third-order valence-electron chi connectivity index (χ3n) is 2.87. The Labute approximate surface area is 89.4 Å². The summed E-state index contributed by atoms with van der Waals surface area (Å²) in [5.41, 5.74) is -1.00. The van der Waals surface area contributed by atoms with Gasteiger partial charge in [0, 0.05) is 13.6 Å². The summed E-state index contributed by atoms with van der Waals surface area (Å²) in [5, 5.41) is 11.6. The Bertz CT molecular complexity index is 261. The Hall–Kier alpha value is -1.26. The summed E-state index contributed by atoms with van der Waals surface area (Å²) in [4.78, 5) is 24.1. The van der Waals surface area contributed by atoms with Crippen LogP contribution in [0.2, 0.25) is 0 Å². The van der Waals surface area contributed by atoms with Crippen molar-refractivity contribution in [2.45, 2.75) is 38.1 Å². The number of carbonyl (C=O) groups excluding carboxylic acids is 1. The predicted octanol–water partition coefficient (Wildman–Crippen LogP) is 1.05. The van der Waals surface area contributed by atoms with E-state index in [4.69, 9.17) is 5.11 Å². The van der Waals surface area contributed by atoms with Gasteiger partial charge in [0.1, 0.15) is 5.54 Å². The van der Waals surface area contributed by atoms with Crippen molar-refractivity contribution >= 4 is 12.0 Å². The minimum Gasteiger partial charge on any atom is -0.480 e. The molecule has 15 heavy (non-hydrogen) atoms. The van der Waals surface area contributed by atoms with E-state index >= 15 is 0 Å². The fourth-order valence-corrected chi connectivity index (χ4v) is 1.66. The lowest BCUT2D eigenvalue weighted by atomic mass is 9.77. The summed E-state index contributed by atoms with van der Waals surface area (Å²) < 4.78 is 0. The van der Waals surface area contributed by atoms with E-state index in [0.29, 0.717) is 19.4 Å². The highest BCUT2D eigenvalue weighted by Gasteiger charge is 2.46. The molecule has 0 bridgehead atoms. The zero-order valence-corrected chi connectivity index (χ0v) is 9.25. The summed E-state index contributed by atoms with van der Waals surface area (Å²) in [6, 6.07) is -0.293. The summed E-state index contributed by atoms with van der Waals surface area (Å²) in [6.45, 7) is 2.61. The maximum Gasteiger partial charge on any atom is 0.329 e. The largest absolute Gasteiger partial charge is 0.480 e. The monoisotopic (exact) mass is 214 g/mol. The molecule has 0 aromatic rings. The highest BCUT2D eigenvalue weighted by atomic mass is 16.4. The highest BCUT2D eigenvalue weighted by molar-refractivity contribution is 5.87. The number of carboxylic acids is 1. The lowest BCUT2D eigenvalue weighted by molar-refractivity contribution is -0.148. The molecule has 1 aliphatic carbocycles. The maximum absolute atomic E-state index is 11.6. The fraction of sp³-hybridized carbons (Fsp3) is 0.800. The van der Waals surface area contributed by atoms with E-state index < -0.39 is 11.5 Å². The molecule has 1 aliphatic rings. The van der Waals surface area contributed by atoms with Gasteiger partial charge in [-0.2, -0.15) is 0 Å². The molecule has 0 saturated heterocycles. The van der Waals surface area contributed by atoms with Crippen molar-refractivity contribution < 1.29 is 14.7 Å². The molecular formula is C10H18N2O3. The third kappa shape index (κ3) is 2.40. The molecule has 1 fully saturated rings. The van der Waals surface area contributed by atoms with Crippen LogP contribution in [0.4, 0.5) is 4.79 Å². The van der Waals surface area contributed by atoms with Gasteiger partial charge in [-0.3, -0.25) is 0 Å². The molecule has 1 rings (SSSR count). The van der Waals surface area contributed by atoms with Crippen molar-refractivity contribution in [2.75, 3.05) is 13.6 Å². The second-order valence-electron chi connectivity index (χ2n) is 4.09. The zero-order chi connectivity index (χ0) is 11.5. The summed E-state index contributed by atoms with van der Waals surface area (Å²) >= 11 is 0. The first-order chi connectivity index (χ1) is 7.02. The molecule has 0 atom stereocenters. The van der Waals surface area contributed by atoms with E-state index in [-0.39, 0.29) is 6.03 Å². The Morgan fingerprint density at radius 2 is 2.07 bits per heavy atom. The van der Waals surface area contributed by atoms with Gasteiger partial charge in [-0.15, -0.1) is 0 Å². The van der Waals surface area contributed by atoms with E-state index in [2.05, 4.69) is 5.32 Å². The van der Waals surface area contributed by atoms with Crippen molar-refractivity contribution in [1.29, 1.82) is 0 Å². The SMILES string of the molecule is CCCN(C)C(=O)NC1(C(=O)O)CCC1. The normalized spacial score (nSPS) is 17.7. The number of rotatable bonds is 4. The van der Waals surface area contributed by atoms with Crippen LogP contribution in [0.25, 0.3) is 0 Å². The van der Waals surface area contributed by atoms with Crippen LogP contribution in [-0.4, -0.2) is 41.1 Å². The lowest BCUT2D eigenvalue weighted by Gasteiger charge is -2.39. The van der Waals surface area contributed by atoms with Gasteiger partial charge in [-0.25, -0.2) is 9.59 Å². The van der Waals surface area contributed by atoms with Crippen LogP contribution in [0.1, 0.15) is 32.6 Å². The average molecular weight is 214 g/mol. The number of hydrogen-bond donors (Lipinski definition) is 2. The quantitative estimate of drug-likeness (QED) is 0.734. The Morgan fingerprint density at radius 3 is 2.40 bits per heavy atom. The highest BCUT2D eigenvalue weighted by Crippen LogP contribution is 2.32. The van der Waals surface area contributed by atoms with Crippen molar-refractivity contribution in [1.82, 2.24) is 10.2 Å². The first kappa shape index (κ1) is 11.8. The molecule has 86 valence electrons. The van der Waals surface area contributed by atoms with Crippen molar-refractivity contribution in [2.24, 2.45) is 0 Å². The number of aliphatic carboxylic acids is 1. The molecular weight excluding hydrogens is 196 g/mol. The molecule has 5 heteroatoms. The predicted molar refractivity (Wildman–Crippen MR) is 55.7 cm³/mol. The molecule has 0 heterocycles. The van der Waals surface area contributed by atoms with Crippen molar-refractivity contribution in [3.63, 3.8) is 0 Å². The maximum atomic E-state index is 11.6. The number of nitrogens with zero attached hydrogens (tertiary/aromatic N) is 1. The second-order valence-corrected chi connectivity index (χ2v) is 4.09. The molecule has 1 saturated carbocycles. The lowest BCUT2D eigenvalue weighted by Crippen LogP contribution is -2.61. The van der Waals surface area contributed by atoms with Crippen molar-refractivity contribution in [3.8, 4) is 0 Å². The number of amides is 2. The van der Waals surface area contributed by atoms with Crippen LogP contribution in [0, 0.1) is 0 Å². The van der Waals surface area contributed by atoms with Gasteiger partial charge in [0.15, 0.2) is 0 Å². The van der Waals surface area contributed by atoms with E-state index in [0.717, 1.165) is 12.8 Å². The Kier molecular flexibility index (Phi) is 3.55.